The largest absolute Gasteiger partial charge is 0.479 e. The lowest BCUT2D eigenvalue weighted by molar-refractivity contribution is -0.150. The molecule has 3 heteroatoms. The summed E-state index contributed by atoms with van der Waals surface area (Å²) >= 11 is 0. The average molecular weight is 327 g/mol. The van der Waals surface area contributed by atoms with E-state index in [4.69, 9.17) is 9.84 Å². The van der Waals surface area contributed by atoms with Crippen molar-refractivity contribution in [2.24, 2.45) is 0 Å². The molecule has 0 fully saturated rings. The molecule has 0 heterocycles. The van der Waals surface area contributed by atoms with Crippen LogP contribution in [0.1, 0.15) is 96.8 Å². The van der Waals surface area contributed by atoms with Gasteiger partial charge in [-0.05, 0) is 6.42 Å². The van der Waals surface area contributed by atoms with Gasteiger partial charge >= 0.3 is 5.97 Å². The maximum Gasteiger partial charge on any atom is 0.332 e. The molecule has 0 aliphatic heterocycles. The monoisotopic (exact) mass is 326 g/mol. The summed E-state index contributed by atoms with van der Waals surface area (Å²) in [6.07, 6.45) is 18.5. The number of hydrogen-bond donors (Lipinski definition) is 1. The van der Waals surface area contributed by atoms with Crippen LogP contribution in [0.25, 0.3) is 0 Å². The minimum atomic E-state index is -0.856. The minimum Gasteiger partial charge on any atom is -0.479 e. The van der Waals surface area contributed by atoms with Crippen molar-refractivity contribution < 1.29 is 14.6 Å². The highest BCUT2D eigenvalue weighted by Crippen LogP contribution is 2.14. The van der Waals surface area contributed by atoms with Gasteiger partial charge < -0.3 is 9.84 Å². The van der Waals surface area contributed by atoms with Crippen LogP contribution in [0.3, 0.4) is 0 Å². The SMILES string of the molecule is C=CCOC(CCCCCCCCCCCCCCC)C(=O)O. The van der Waals surface area contributed by atoms with Crippen LogP contribution in [0.5, 0.6) is 0 Å². The predicted molar refractivity (Wildman–Crippen MR) is 97.9 cm³/mol. The second-order valence-electron chi connectivity index (χ2n) is 6.48. The highest BCUT2D eigenvalue weighted by molar-refractivity contribution is 5.72. The second kappa shape index (κ2) is 17.5. The highest BCUT2D eigenvalue weighted by Gasteiger charge is 2.16. The highest BCUT2D eigenvalue weighted by atomic mass is 16.5. The smallest absolute Gasteiger partial charge is 0.332 e. The number of carbonyl (C=O) groups is 1. The number of aliphatic carboxylic acids is 1. The zero-order valence-electron chi connectivity index (χ0n) is 15.2. The number of carboxylic acids is 1. The normalized spacial score (nSPS) is 12.2. The van der Waals surface area contributed by atoms with Gasteiger partial charge in [0.2, 0.25) is 0 Å². The Labute approximate surface area is 143 Å². The predicted octanol–water partition coefficient (Wildman–Crippen LogP) is 6.12. The van der Waals surface area contributed by atoms with E-state index in [9.17, 15) is 4.79 Å². The molecule has 3 nitrogen and oxygen atoms in total. The van der Waals surface area contributed by atoms with Gasteiger partial charge in [-0.3, -0.25) is 0 Å². The fourth-order valence-electron chi connectivity index (χ4n) is 2.81. The first-order valence-electron chi connectivity index (χ1n) is 9.67. The third-order valence-electron chi connectivity index (χ3n) is 4.26. The molecule has 0 rings (SSSR count). The van der Waals surface area contributed by atoms with Crippen LogP contribution in [0.15, 0.2) is 12.7 Å². The summed E-state index contributed by atoms with van der Waals surface area (Å²) in [5.74, 6) is -0.856. The van der Waals surface area contributed by atoms with Gasteiger partial charge in [0.25, 0.3) is 0 Å². The first-order chi connectivity index (χ1) is 11.2. The van der Waals surface area contributed by atoms with Crippen molar-refractivity contribution in [3.63, 3.8) is 0 Å². The Morgan fingerprint density at radius 1 is 0.913 bits per heavy atom. The van der Waals surface area contributed by atoms with Gasteiger partial charge in [-0.2, -0.15) is 0 Å². The van der Waals surface area contributed by atoms with Crippen molar-refractivity contribution in [2.45, 2.75) is 103 Å². The van der Waals surface area contributed by atoms with Crippen LogP contribution in [-0.2, 0) is 9.53 Å². The fourth-order valence-corrected chi connectivity index (χ4v) is 2.81. The third kappa shape index (κ3) is 15.8. The number of ether oxygens (including phenoxy) is 1. The van der Waals surface area contributed by atoms with Crippen molar-refractivity contribution in [3.05, 3.63) is 12.7 Å². The molecule has 0 saturated carbocycles. The Morgan fingerprint density at radius 2 is 1.35 bits per heavy atom. The average Bonchev–Trinajstić information content (AvgIpc) is 2.54. The van der Waals surface area contributed by atoms with E-state index >= 15 is 0 Å². The molecule has 0 aromatic rings. The third-order valence-corrected chi connectivity index (χ3v) is 4.26. The van der Waals surface area contributed by atoms with E-state index in [0.29, 0.717) is 13.0 Å². The fraction of sp³-hybridized carbons (Fsp3) is 0.850. The Bertz CT molecular complexity index is 276. The second-order valence-corrected chi connectivity index (χ2v) is 6.48. The summed E-state index contributed by atoms with van der Waals surface area (Å²) in [7, 11) is 0. The van der Waals surface area contributed by atoms with Crippen molar-refractivity contribution in [2.75, 3.05) is 6.61 Å². The van der Waals surface area contributed by atoms with Gasteiger partial charge in [0.15, 0.2) is 6.10 Å². The molecule has 0 radical (unpaired) electrons. The van der Waals surface area contributed by atoms with Gasteiger partial charge in [0.05, 0.1) is 6.61 Å². The molecule has 0 aromatic carbocycles. The van der Waals surface area contributed by atoms with Crippen LogP contribution in [0, 0.1) is 0 Å². The molecule has 0 spiro atoms. The first kappa shape index (κ1) is 22.2. The van der Waals surface area contributed by atoms with Crippen molar-refractivity contribution in [1.82, 2.24) is 0 Å². The quantitative estimate of drug-likeness (QED) is 0.244. The van der Waals surface area contributed by atoms with Gasteiger partial charge in [-0.1, -0.05) is 96.5 Å². The molecule has 1 unspecified atom stereocenters. The lowest BCUT2D eigenvalue weighted by Gasteiger charge is -2.11. The standard InChI is InChI=1S/C20H38O3/c1-3-5-6-7-8-9-10-11-12-13-14-15-16-17-19(20(21)22)23-18-4-2/h4,19H,2-3,5-18H2,1H3,(H,21,22). The molecule has 136 valence electrons. The first-order valence-corrected chi connectivity index (χ1v) is 9.67. The van der Waals surface area contributed by atoms with Crippen molar-refractivity contribution >= 4 is 5.97 Å². The van der Waals surface area contributed by atoms with E-state index in [1.807, 2.05) is 0 Å². The van der Waals surface area contributed by atoms with E-state index in [1.54, 1.807) is 6.08 Å². The number of rotatable bonds is 18. The molecule has 0 aromatic heterocycles. The summed E-state index contributed by atoms with van der Waals surface area (Å²) in [6, 6.07) is 0. The maximum atomic E-state index is 11.0. The molecule has 23 heavy (non-hydrogen) atoms. The van der Waals surface area contributed by atoms with E-state index < -0.39 is 12.1 Å². The lowest BCUT2D eigenvalue weighted by atomic mass is 10.0. The molecular formula is C20H38O3. The van der Waals surface area contributed by atoms with E-state index in [-0.39, 0.29) is 0 Å². The zero-order chi connectivity index (χ0) is 17.2. The van der Waals surface area contributed by atoms with Gasteiger partial charge in [-0.25, -0.2) is 4.79 Å². The molecule has 0 aliphatic carbocycles. The minimum absolute atomic E-state index is 0.315. The van der Waals surface area contributed by atoms with Crippen molar-refractivity contribution in [1.29, 1.82) is 0 Å². The van der Waals surface area contributed by atoms with Crippen molar-refractivity contribution in [3.8, 4) is 0 Å². The van der Waals surface area contributed by atoms with E-state index in [2.05, 4.69) is 13.5 Å². The number of unbranched alkanes of at least 4 members (excludes halogenated alkanes) is 12. The Balaban J connectivity index is 3.28. The summed E-state index contributed by atoms with van der Waals surface area (Å²) in [4.78, 5) is 11.0. The molecule has 0 saturated heterocycles. The maximum absolute atomic E-state index is 11.0. The lowest BCUT2D eigenvalue weighted by Crippen LogP contribution is -2.23. The molecule has 1 atom stereocenters. The Kier molecular flexibility index (Phi) is 16.9. The topological polar surface area (TPSA) is 46.5 Å². The number of carboxylic acid groups (broad SMARTS) is 1. The molecule has 1 N–H and O–H groups in total. The molecule has 0 bridgehead atoms. The molecule has 0 amide bonds. The molecule has 0 aliphatic rings. The van der Waals surface area contributed by atoms with Crippen LogP contribution in [0.2, 0.25) is 0 Å². The van der Waals surface area contributed by atoms with Gasteiger partial charge in [0, 0.05) is 0 Å². The van der Waals surface area contributed by atoms with Crippen LogP contribution < -0.4 is 0 Å². The van der Waals surface area contributed by atoms with Gasteiger partial charge in [-0.15, -0.1) is 6.58 Å². The van der Waals surface area contributed by atoms with Crippen LogP contribution >= 0.6 is 0 Å². The van der Waals surface area contributed by atoms with Gasteiger partial charge in [0.1, 0.15) is 0 Å². The van der Waals surface area contributed by atoms with Crippen LogP contribution in [-0.4, -0.2) is 23.8 Å². The zero-order valence-corrected chi connectivity index (χ0v) is 15.2. The summed E-state index contributed by atoms with van der Waals surface area (Å²) in [5, 5.41) is 9.03. The summed E-state index contributed by atoms with van der Waals surface area (Å²) in [5.41, 5.74) is 0. The van der Waals surface area contributed by atoms with Crippen LogP contribution in [0.4, 0.5) is 0 Å². The summed E-state index contributed by atoms with van der Waals surface area (Å²) in [6.45, 7) is 6.12. The Morgan fingerprint density at radius 3 is 1.74 bits per heavy atom. The summed E-state index contributed by atoms with van der Waals surface area (Å²) < 4.78 is 5.24. The van der Waals surface area contributed by atoms with E-state index in [1.165, 1.54) is 70.6 Å². The van der Waals surface area contributed by atoms with E-state index in [0.717, 1.165) is 12.8 Å². The Hall–Kier alpha value is -0.830. The number of hydrogen-bond acceptors (Lipinski definition) is 2. The molecular weight excluding hydrogens is 288 g/mol.